The highest BCUT2D eigenvalue weighted by atomic mass is 32.2. The summed E-state index contributed by atoms with van der Waals surface area (Å²) in [6.07, 6.45) is -3.27. The number of hydrogen-bond donors (Lipinski definition) is 2. The third-order valence-electron chi connectivity index (χ3n) is 2.93. The highest BCUT2D eigenvalue weighted by Gasteiger charge is 2.31. The molecule has 1 rings (SSSR count). The predicted octanol–water partition coefficient (Wildman–Crippen LogP) is 2.63. The van der Waals surface area contributed by atoms with Crippen LogP contribution in [0, 0.1) is 0 Å². The fourth-order valence-corrected chi connectivity index (χ4v) is 2.94. The molecule has 0 bridgehead atoms. The first-order chi connectivity index (χ1) is 10.1. The fourth-order valence-electron chi connectivity index (χ4n) is 1.72. The van der Waals surface area contributed by atoms with E-state index >= 15 is 0 Å². The van der Waals surface area contributed by atoms with E-state index in [0.717, 1.165) is 12.1 Å². The number of alkyl halides is 3. The van der Waals surface area contributed by atoms with Crippen LogP contribution in [0.3, 0.4) is 0 Å². The Morgan fingerprint density at radius 3 is 2.23 bits per heavy atom. The number of halogens is 3. The summed E-state index contributed by atoms with van der Waals surface area (Å²) in [6.45, 7) is 1.82. The molecule has 0 radical (unpaired) electrons. The van der Waals surface area contributed by atoms with Crippen LogP contribution in [0.2, 0.25) is 0 Å². The van der Waals surface area contributed by atoms with Crippen molar-refractivity contribution < 1.29 is 31.5 Å². The third-order valence-corrected chi connectivity index (χ3v) is 4.42. The Morgan fingerprint density at radius 2 is 1.82 bits per heavy atom. The van der Waals surface area contributed by atoms with Crippen LogP contribution >= 0.6 is 0 Å². The second kappa shape index (κ2) is 7.10. The number of benzene rings is 1. The van der Waals surface area contributed by atoms with Gasteiger partial charge in [0.25, 0.3) is 0 Å². The first-order valence-electron chi connectivity index (χ1n) is 6.50. The predicted molar refractivity (Wildman–Crippen MR) is 72.7 cm³/mol. The number of sulfonamides is 1. The minimum absolute atomic E-state index is 0.103. The van der Waals surface area contributed by atoms with Crippen molar-refractivity contribution in [2.24, 2.45) is 0 Å². The van der Waals surface area contributed by atoms with Crippen molar-refractivity contribution >= 4 is 16.0 Å². The molecule has 1 aromatic rings. The standard InChI is InChI=1S/C13H16F3NO4S/c1-2-3-4-11(12(18)19)17-22(20,21)10-7-5-9(6-8-10)13(14,15)16/h5-8,11,17H,2-4H2,1H3,(H,18,19)/t11-/m0/s1. The van der Waals surface area contributed by atoms with Crippen LogP contribution in [0.15, 0.2) is 29.2 Å². The average Bonchev–Trinajstić information content (AvgIpc) is 2.42. The molecule has 0 saturated carbocycles. The third kappa shape index (κ3) is 4.99. The van der Waals surface area contributed by atoms with Crippen molar-refractivity contribution in [1.29, 1.82) is 0 Å². The fraction of sp³-hybridized carbons (Fsp3) is 0.462. The maximum Gasteiger partial charge on any atom is 0.416 e. The Morgan fingerprint density at radius 1 is 1.27 bits per heavy atom. The number of aliphatic carboxylic acids is 1. The Labute approximate surface area is 126 Å². The summed E-state index contributed by atoms with van der Waals surface area (Å²) in [5, 5.41) is 8.99. The zero-order chi connectivity index (χ0) is 17.0. The van der Waals surface area contributed by atoms with Gasteiger partial charge in [-0.3, -0.25) is 4.79 Å². The first kappa shape index (κ1) is 18.4. The van der Waals surface area contributed by atoms with Crippen molar-refractivity contribution in [2.45, 2.75) is 43.3 Å². The van der Waals surface area contributed by atoms with Gasteiger partial charge < -0.3 is 5.11 Å². The molecule has 124 valence electrons. The van der Waals surface area contributed by atoms with Crippen molar-refractivity contribution in [1.82, 2.24) is 4.72 Å². The molecule has 0 saturated heterocycles. The van der Waals surface area contributed by atoms with Gasteiger partial charge in [0.2, 0.25) is 10.0 Å². The molecule has 0 amide bonds. The number of nitrogens with one attached hydrogen (secondary N) is 1. The Balaban J connectivity index is 2.96. The Bertz CT molecular complexity index is 611. The molecule has 1 atom stereocenters. The van der Waals surface area contributed by atoms with Gasteiger partial charge in [0, 0.05) is 0 Å². The lowest BCUT2D eigenvalue weighted by Gasteiger charge is -2.15. The van der Waals surface area contributed by atoms with Crippen LogP contribution in [0.5, 0.6) is 0 Å². The van der Waals surface area contributed by atoms with Gasteiger partial charge >= 0.3 is 12.1 Å². The van der Waals surface area contributed by atoms with Crippen molar-refractivity contribution in [3.05, 3.63) is 29.8 Å². The van der Waals surface area contributed by atoms with E-state index in [9.17, 15) is 26.4 Å². The molecule has 1 aromatic carbocycles. The van der Waals surface area contributed by atoms with Gasteiger partial charge in [0.15, 0.2) is 0 Å². The van der Waals surface area contributed by atoms with Gasteiger partial charge in [0.05, 0.1) is 10.5 Å². The zero-order valence-electron chi connectivity index (χ0n) is 11.7. The topological polar surface area (TPSA) is 83.5 Å². The lowest BCUT2D eigenvalue weighted by atomic mass is 10.1. The summed E-state index contributed by atoms with van der Waals surface area (Å²) >= 11 is 0. The summed E-state index contributed by atoms with van der Waals surface area (Å²) in [5.41, 5.74) is -0.979. The van der Waals surface area contributed by atoms with Crippen LogP contribution in [0.4, 0.5) is 13.2 Å². The van der Waals surface area contributed by atoms with Gasteiger partial charge in [-0.1, -0.05) is 19.8 Å². The Hall–Kier alpha value is -1.61. The summed E-state index contributed by atoms with van der Waals surface area (Å²) in [4.78, 5) is 10.6. The normalized spacial score (nSPS) is 13.8. The van der Waals surface area contributed by atoms with E-state index in [1.807, 2.05) is 11.6 Å². The zero-order valence-corrected chi connectivity index (χ0v) is 12.5. The van der Waals surface area contributed by atoms with Gasteiger partial charge in [-0.15, -0.1) is 0 Å². The molecular formula is C13H16F3NO4S. The molecule has 0 spiro atoms. The number of unbranched alkanes of at least 4 members (excludes halogenated alkanes) is 1. The van der Waals surface area contributed by atoms with Crippen LogP contribution in [-0.2, 0) is 21.0 Å². The smallest absolute Gasteiger partial charge is 0.416 e. The molecule has 0 aromatic heterocycles. The molecule has 22 heavy (non-hydrogen) atoms. The maximum absolute atomic E-state index is 12.4. The largest absolute Gasteiger partial charge is 0.480 e. The highest BCUT2D eigenvalue weighted by Crippen LogP contribution is 2.29. The molecule has 0 aliphatic carbocycles. The number of carbonyl (C=O) groups is 1. The highest BCUT2D eigenvalue weighted by molar-refractivity contribution is 7.89. The number of hydrogen-bond acceptors (Lipinski definition) is 3. The molecular weight excluding hydrogens is 323 g/mol. The molecule has 0 aliphatic heterocycles. The van der Waals surface area contributed by atoms with E-state index in [0.29, 0.717) is 25.0 Å². The molecule has 0 aliphatic rings. The minimum Gasteiger partial charge on any atom is -0.480 e. The Kier molecular flexibility index (Phi) is 5.95. The minimum atomic E-state index is -4.57. The second-order valence-corrected chi connectivity index (χ2v) is 6.39. The summed E-state index contributed by atoms with van der Waals surface area (Å²) < 4.78 is 63.3. The molecule has 0 fully saturated rings. The first-order valence-corrected chi connectivity index (χ1v) is 7.98. The van der Waals surface area contributed by atoms with Crippen molar-refractivity contribution in [3.63, 3.8) is 0 Å². The van der Waals surface area contributed by atoms with Gasteiger partial charge in [-0.05, 0) is 30.7 Å². The number of carboxylic acid groups (broad SMARTS) is 1. The van der Waals surface area contributed by atoms with Gasteiger partial charge in [-0.2, -0.15) is 17.9 Å². The average molecular weight is 339 g/mol. The van der Waals surface area contributed by atoms with Crippen LogP contribution in [-0.4, -0.2) is 25.5 Å². The summed E-state index contributed by atoms with van der Waals surface area (Å²) in [7, 11) is -4.20. The van der Waals surface area contributed by atoms with Gasteiger partial charge in [-0.25, -0.2) is 8.42 Å². The summed E-state index contributed by atoms with van der Waals surface area (Å²) in [6, 6.07) is 1.55. The number of carboxylic acids is 1. The summed E-state index contributed by atoms with van der Waals surface area (Å²) in [5.74, 6) is -1.33. The molecule has 2 N–H and O–H groups in total. The van der Waals surface area contributed by atoms with E-state index < -0.39 is 38.7 Å². The van der Waals surface area contributed by atoms with Crippen LogP contribution in [0.25, 0.3) is 0 Å². The molecule has 0 heterocycles. The quantitative estimate of drug-likeness (QED) is 0.800. The lowest BCUT2D eigenvalue weighted by molar-refractivity contribution is -0.139. The maximum atomic E-state index is 12.4. The van der Waals surface area contributed by atoms with E-state index in [2.05, 4.69) is 0 Å². The van der Waals surface area contributed by atoms with E-state index in [4.69, 9.17) is 5.11 Å². The van der Waals surface area contributed by atoms with Crippen LogP contribution < -0.4 is 4.72 Å². The van der Waals surface area contributed by atoms with E-state index in [1.165, 1.54) is 0 Å². The number of rotatable bonds is 7. The monoisotopic (exact) mass is 339 g/mol. The van der Waals surface area contributed by atoms with Crippen molar-refractivity contribution in [2.75, 3.05) is 0 Å². The second-order valence-electron chi connectivity index (χ2n) is 4.68. The SMILES string of the molecule is CCCC[C@H](NS(=O)(=O)c1ccc(C(F)(F)F)cc1)C(=O)O. The molecule has 5 nitrogen and oxygen atoms in total. The lowest BCUT2D eigenvalue weighted by Crippen LogP contribution is -2.40. The van der Waals surface area contributed by atoms with E-state index in [-0.39, 0.29) is 6.42 Å². The van der Waals surface area contributed by atoms with Gasteiger partial charge in [0.1, 0.15) is 6.04 Å². The molecule has 9 heteroatoms. The van der Waals surface area contributed by atoms with Crippen LogP contribution in [0.1, 0.15) is 31.7 Å². The van der Waals surface area contributed by atoms with E-state index in [1.54, 1.807) is 0 Å². The molecule has 0 unspecified atom stereocenters. The van der Waals surface area contributed by atoms with Crippen molar-refractivity contribution in [3.8, 4) is 0 Å².